The molecule has 0 bridgehead atoms. The molecule has 164 valence electrons. The van der Waals surface area contributed by atoms with Crippen molar-refractivity contribution >= 4 is 12.1 Å². The topological polar surface area (TPSA) is 84.9 Å². The van der Waals surface area contributed by atoms with Gasteiger partial charge >= 0.3 is 18.2 Å². The molecule has 4 rings (SSSR count). The van der Waals surface area contributed by atoms with E-state index in [0.717, 1.165) is 46.5 Å². The summed E-state index contributed by atoms with van der Waals surface area (Å²) in [6, 6.07) is 20.1. The number of hydrogen-bond donors (Lipinski definition) is 2. The summed E-state index contributed by atoms with van der Waals surface area (Å²) >= 11 is 0. The summed E-state index contributed by atoms with van der Waals surface area (Å²) in [5.41, 5.74) is 4.09. The van der Waals surface area contributed by atoms with Crippen molar-refractivity contribution in [3.05, 3.63) is 89.5 Å². The molecule has 32 heavy (non-hydrogen) atoms. The van der Waals surface area contributed by atoms with Gasteiger partial charge in [0, 0.05) is 5.92 Å². The van der Waals surface area contributed by atoms with E-state index in [9.17, 15) is 18.4 Å². The number of nitrogens with one attached hydrogen (secondary N) is 1. The fraction of sp³-hybridized carbons (Fsp3) is 0.167. The number of fused-ring (bicyclic) bond motifs is 3. The SMILES string of the molecule is O=C(NCC(F)(F)Oc1ccc(C(=O)O)cc1)OCC1c2ccccc2-c2ccccc21. The van der Waals surface area contributed by atoms with Gasteiger partial charge in [-0.25, -0.2) is 9.59 Å². The summed E-state index contributed by atoms with van der Waals surface area (Å²) < 4.78 is 37.9. The summed E-state index contributed by atoms with van der Waals surface area (Å²) in [7, 11) is 0. The van der Waals surface area contributed by atoms with Gasteiger partial charge in [-0.3, -0.25) is 0 Å². The van der Waals surface area contributed by atoms with Gasteiger partial charge in [0.1, 0.15) is 18.9 Å². The van der Waals surface area contributed by atoms with Crippen molar-refractivity contribution in [3.63, 3.8) is 0 Å². The molecular formula is C24H19F2NO5. The second-order valence-electron chi connectivity index (χ2n) is 7.25. The summed E-state index contributed by atoms with van der Waals surface area (Å²) in [6.07, 6.45) is -4.70. The van der Waals surface area contributed by atoms with Crippen molar-refractivity contribution in [2.75, 3.05) is 13.2 Å². The molecule has 0 radical (unpaired) electrons. The molecule has 3 aromatic carbocycles. The zero-order valence-electron chi connectivity index (χ0n) is 16.8. The standard InChI is InChI=1S/C24H19F2NO5/c25-24(26,32-16-11-9-15(10-12-16)22(28)29)14-27-23(30)31-13-21-19-7-3-1-5-17(19)18-6-2-4-8-20(18)21/h1-12,21H,13-14H2,(H,27,30)(H,28,29). The van der Waals surface area contributed by atoms with Gasteiger partial charge in [-0.15, -0.1) is 0 Å². The second-order valence-corrected chi connectivity index (χ2v) is 7.25. The highest BCUT2D eigenvalue weighted by Crippen LogP contribution is 2.44. The van der Waals surface area contributed by atoms with Crippen LogP contribution in [0.3, 0.4) is 0 Å². The maximum absolute atomic E-state index is 14.1. The van der Waals surface area contributed by atoms with Crippen LogP contribution in [0.25, 0.3) is 11.1 Å². The van der Waals surface area contributed by atoms with Gasteiger partial charge in [0.25, 0.3) is 0 Å². The van der Waals surface area contributed by atoms with Crippen LogP contribution >= 0.6 is 0 Å². The minimum atomic E-state index is -3.71. The van der Waals surface area contributed by atoms with Gasteiger partial charge < -0.3 is 19.9 Å². The monoisotopic (exact) mass is 439 g/mol. The Morgan fingerprint density at radius 2 is 1.47 bits per heavy atom. The van der Waals surface area contributed by atoms with Crippen molar-refractivity contribution in [3.8, 4) is 16.9 Å². The van der Waals surface area contributed by atoms with E-state index in [2.05, 4.69) is 4.74 Å². The Labute approximate surface area is 182 Å². The molecule has 0 atom stereocenters. The summed E-state index contributed by atoms with van der Waals surface area (Å²) in [6.45, 7) is -1.10. The number of carbonyl (C=O) groups is 2. The van der Waals surface area contributed by atoms with Crippen molar-refractivity contribution in [2.24, 2.45) is 0 Å². The Balaban J connectivity index is 1.33. The van der Waals surface area contributed by atoms with E-state index in [1.807, 2.05) is 53.8 Å². The number of aromatic carboxylic acids is 1. The van der Waals surface area contributed by atoms with Gasteiger partial charge in [-0.1, -0.05) is 48.5 Å². The van der Waals surface area contributed by atoms with Gasteiger partial charge in [-0.2, -0.15) is 8.78 Å². The predicted octanol–water partition coefficient (Wildman–Crippen LogP) is 4.90. The van der Waals surface area contributed by atoms with Gasteiger partial charge in [-0.05, 0) is 46.5 Å². The first-order chi connectivity index (χ1) is 15.3. The zero-order valence-corrected chi connectivity index (χ0v) is 16.8. The minimum absolute atomic E-state index is 0.00292. The highest BCUT2D eigenvalue weighted by molar-refractivity contribution is 5.87. The van der Waals surface area contributed by atoms with Crippen LogP contribution in [0.5, 0.6) is 5.75 Å². The summed E-state index contributed by atoms with van der Waals surface area (Å²) in [5, 5.41) is 10.9. The van der Waals surface area contributed by atoms with Crippen LogP contribution in [0, 0.1) is 0 Å². The third-order valence-electron chi connectivity index (χ3n) is 5.15. The molecule has 6 nitrogen and oxygen atoms in total. The maximum atomic E-state index is 14.1. The number of benzene rings is 3. The van der Waals surface area contributed by atoms with Crippen LogP contribution < -0.4 is 10.1 Å². The molecule has 8 heteroatoms. The van der Waals surface area contributed by atoms with Crippen LogP contribution in [0.2, 0.25) is 0 Å². The Morgan fingerprint density at radius 1 is 0.906 bits per heavy atom. The molecule has 1 aliphatic rings. The molecular weight excluding hydrogens is 420 g/mol. The van der Waals surface area contributed by atoms with Crippen LogP contribution in [0.4, 0.5) is 13.6 Å². The van der Waals surface area contributed by atoms with Crippen LogP contribution in [-0.4, -0.2) is 36.4 Å². The van der Waals surface area contributed by atoms with E-state index in [-0.39, 0.29) is 23.8 Å². The molecule has 0 fully saturated rings. The Morgan fingerprint density at radius 3 is 2.03 bits per heavy atom. The van der Waals surface area contributed by atoms with Gasteiger partial charge in [0.05, 0.1) is 5.56 Å². The fourth-order valence-electron chi connectivity index (χ4n) is 3.70. The second kappa shape index (κ2) is 8.66. The minimum Gasteiger partial charge on any atom is -0.478 e. The number of rotatable bonds is 7. The number of amides is 1. The van der Waals surface area contributed by atoms with E-state index in [0.29, 0.717) is 0 Å². The molecule has 0 saturated heterocycles. The number of alkyl halides is 2. The van der Waals surface area contributed by atoms with E-state index in [1.165, 1.54) is 0 Å². The molecule has 3 aromatic rings. The molecule has 0 unspecified atom stereocenters. The first kappa shape index (κ1) is 21.3. The molecule has 0 aliphatic heterocycles. The lowest BCUT2D eigenvalue weighted by atomic mass is 9.98. The lowest BCUT2D eigenvalue weighted by molar-refractivity contribution is -0.170. The number of hydrogen-bond acceptors (Lipinski definition) is 4. The third-order valence-corrected chi connectivity index (χ3v) is 5.15. The zero-order chi connectivity index (χ0) is 22.7. The molecule has 0 heterocycles. The van der Waals surface area contributed by atoms with E-state index in [1.54, 1.807) is 0 Å². The molecule has 0 saturated carbocycles. The third kappa shape index (κ3) is 4.54. The Kier molecular flexibility index (Phi) is 5.77. The molecule has 0 spiro atoms. The highest BCUT2D eigenvalue weighted by Gasteiger charge is 2.33. The van der Waals surface area contributed by atoms with Crippen LogP contribution in [-0.2, 0) is 4.74 Å². The van der Waals surface area contributed by atoms with Crippen molar-refractivity contribution < 1.29 is 33.0 Å². The van der Waals surface area contributed by atoms with E-state index in [4.69, 9.17) is 9.84 Å². The number of halogens is 2. The maximum Gasteiger partial charge on any atom is 0.415 e. The van der Waals surface area contributed by atoms with E-state index < -0.39 is 24.7 Å². The summed E-state index contributed by atoms with van der Waals surface area (Å²) in [4.78, 5) is 22.9. The lowest BCUT2D eigenvalue weighted by Gasteiger charge is -2.19. The first-order valence-electron chi connectivity index (χ1n) is 9.83. The molecule has 1 amide bonds. The van der Waals surface area contributed by atoms with Crippen LogP contribution in [0.1, 0.15) is 27.4 Å². The van der Waals surface area contributed by atoms with Crippen molar-refractivity contribution in [2.45, 2.75) is 12.0 Å². The molecule has 1 aliphatic carbocycles. The number of ether oxygens (including phenoxy) is 2. The summed E-state index contributed by atoms with van der Waals surface area (Å²) in [5.74, 6) is -1.59. The number of carboxylic acids is 1. The van der Waals surface area contributed by atoms with Gasteiger partial charge in [0.2, 0.25) is 0 Å². The van der Waals surface area contributed by atoms with E-state index >= 15 is 0 Å². The predicted molar refractivity (Wildman–Crippen MR) is 112 cm³/mol. The average molecular weight is 439 g/mol. The van der Waals surface area contributed by atoms with Crippen molar-refractivity contribution in [1.29, 1.82) is 0 Å². The Hall–Kier alpha value is -3.94. The van der Waals surface area contributed by atoms with Gasteiger partial charge in [0.15, 0.2) is 0 Å². The fourth-order valence-corrected chi connectivity index (χ4v) is 3.70. The number of carboxylic acid groups (broad SMARTS) is 1. The normalized spacial score (nSPS) is 12.6. The lowest BCUT2D eigenvalue weighted by Crippen LogP contribution is -2.41. The Bertz CT molecular complexity index is 1100. The first-order valence-corrected chi connectivity index (χ1v) is 9.83. The van der Waals surface area contributed by atoms with Crippen molar-refractivity contribution in [1.82, 2.24) is 5.32 Å². The van der Waals surface area contributed by atoms with Crippen LogP contribution in [0.15, 0.2) is 72.8 Å². The average Bonchev–Trinajstić information content (AvgIpc) is 3.10. The number of carbonyl (C=O) groups excluding carboxylic acids is 1. The molecule has 2 N–H and O–H groups in total. The quantitative estimate of drug-likeness (QED) is 0.547. The highest BCUT2D eigenvalue weighted by atomic mass is 19.3. The smallest absolute Gasteiger partial charge is 0.415 e. The number of alkyl carbamates (subject to hydrolysis) is 1. The molecule has 0 aromatic heterocycles. The largest absolute Gasteiger partial charge is 0.478 e.